The Morgan fingerprint density at radius 1 is 0.258 bits per heavy atom. The third-order valence-corrected chi connectivity index (χ3v) is 12.3. The number of rotatable bonds is 4. The highest BCUT2D eigenvalue weighted by molar-refractivity contribution is 6.21. The molecule has 0 aliphatic carbocycles. The van der Waals surface area contributed by atoms with Gasteiger partial charge in [-0.15, -0.1) is 0 Å². The lowest BCUT2D eigenvalue weighted by Gasteiger charge is -2.17. The Kier molecular flexibility index (Phi) is 7.50. The van der Waals surface area contributed by atoms with Gasteiger partial charge in [0.1, 0.15) is 0 Å². The third-order valence-electron chi connectivity index (χ3n) is 12.3. The van der Waals surface area contributed by atoms with E-state index in [1.807, 2.05) is 30.6 Å². The normalized spacial score (nSPS) is 11.9. The van der Waals surface area contributed by atoms with Crippen molar-refractivity contribution >= 4 is 87.0 Å². The monoisotopic (exact) mass is 788 g/mol. The number of hydrogen-bond acceptors (Lipinski definition) is 6. The van der Waals surface area contributed by atoms with E-state index in [2.05, 4.69) is 169 Å². The minimum absolute atomic E-state index is 0.827. The van der Waals surface area contributed by atoms with Gasteiger partial charge in [0.15, 0.2) is 0 Å². The van der Waals surface area contributed by atoms with E-state index < -0.39 is 0 Å². The summed E-state index contributed by atoms with van der Waals surface area (Å²) in [5.41, 5.74) is 13.5. The lowest BCUT2D eigenvalue weighted by Crippen LogP contribution is -1.95. The molecule has 0 spiro atoms. The van der Waals surface area contributed by atoms with E-state index >= 15 is 0 Å². The van der Waals surface area contributed by atoms with Crippen LogP contribution in [-0.4, -0.2) is 29.9 Å². The zero-order chi connectivity index (χ0) is 40.7. The molecule has 13 aromatic rings. The third kappa shape index (κ3) is 5.44. The summed E-state index contributed by atoms with van der Waals surface area (Å²) in [6.45, 7) is 0. The van der Waals surface area contributed by atoms with E-state index in [1.54, 1.807) is 0 Å². The maximum absolute atomic E-state index is 5.34. The Morgan fingerprint density at radius 3 is 1.13 bits per heavy atom. The summed E-state index contributed by atoms with van der Waals surface area (Å²) in [6, 6.07) is 63.8. The van der Waals surface area contributed by atoms with Crippen molar-refractivity contribution in [3.05, 3.63) is 194 Å². The molecule has 13 rings (SSSR count). The average Bonchev–Trinajstić information content (AvgIpc) is 3.34. The highest BCUT2D eigenvalue weighted by Gasteiger charge is 2.19. The van der Waals surface area contributed by atoms with Crippen molar-refractivity contribution < 1.29 is 0 Å². The molecule has 0 N–H and O–H groups in total. The van der Waals surface area contributed by atoms with Crippen LogP contribution in [0, 0.1) is 0 Å². The maximum Gasteiger partial charge on any atom is 0.0972 e. The summed E-state index contributed by atoms with van der Waals surface area (Å²) < 4.78 is 0. The number of aromatic nitrogens is 6. The zero-order valence-electron chi connectivity index (χ0n) is 33.2. The van der Waals surface area contributed by atoms with Gasteiger partial charge in [-0.05, 0) is 93.3 Å². The second-order valence-electron chi connectivity index (χ2n) is 15.9. The first-order valence-corrected chi connectivity index (χ1v) is 20.8. The van der Waals surface area contributed by atoms with E-state index in [-0.39, 0.29) is 0 Å². The van der Waals surface area contributed by atoms with Gasteiger partial charge in [0, 0.05) is 55.8 Å². The summed E-state index contributed by atoms with van der Waals surface area (Å²) in [7, 11) is 0. The molecule has 62 heavy (non-hydrogen) atoms. The largest absolute Gasteiger partial charge is 0.254 e. The summed E-state index contributed by atoms with van der Waals surface area (Å²) in [6.07, 6.45) is 3.66. The van der Waals surface area contributed by atoms with Crippen LogP contribution in [0.4, 0.5) is 0 Å². The molecule has 6 aromatic heterocycles. The first-order valence-electron chi connectivity index (χ1n) is 20.8. The van der Waals surface area contributed by atoms with Crippen LogP contribution < -0.4 is 0 Å². The van der Waals surface area contributed by atoms with Gasteiger partial charge >= 0.3 is 0 Å². The summed E-state index contributed by atoms with van der Waals surface area (Å²) >= 11 is 0. The molecule has 7 aromatic carbocycles. The van der Waals surface area contributed by atoms with Gasteiger partial charge in [0.05, 0.1) is 55.9 Å². The summed E-state index contributed by atoms with van der Waals surface area (Å²) in [5.74, 6) is 0. The Hall–Kier alpha value is -8.48. The Balaban J connectivity index is 0.875. The number of fused-ring (bicyclic) bond motifs is 10. The molecule has 6 heteroatoms. The van der Waals surface area contributed by atoms with Gasteiger partial charge in [-0.25, -0.2) is 19.9 Å². The SMILES string of the molecule is c1cnc2c(c1)ccc1ccc(-c3ccc4cc(-c5ccc6nc(-c7c8ccccc8c(-c8ccc9ccc%10cccnc%10c9n8)c8ccccc78)ccc6c5)ccc4n3)nc12. The van der Waals surface area contributed by atoms with E-state index in [4.69, 9.17) is 24.9 Å². The van der Waals surface area contributed by atoms with Gasteiger partial charge in [-0.1, -0.05) is 121 Å². The molecule has 0 aliphatic heterocycles. The quantitative estimate of drug-likeness (QED) is 0.131. The first-order chi connectivity index (χ1) is 30.7. The molecular weight excluding hydrogens is 757 g/mol. The molecule has 0 saturated heterocycles. The van der Waals surface area contributed by atoms with Crippen molar-refractivity contribution in [2.24, 2.45) is 0 Å². The fourth-order valence-corrected chi connectivity index (χ4v) is 9.30. The number of pyridine rings is 6. The van der Waals surface area contributed by atoms with Crippen LogP contribution in [-0.2, 0) is 0 Å². The predicted octanol–water partition coefficient (Wildman–Crippen LogP) is 14.0. The molecule has 6 heterocycles. The smallest absolute Gasteiger partial charge is 0.0972 e. The fraction of sp³-hybridized carbons (Fsp3) is 0. The maximum atomic E-state index is 5.34. The summed E-state index contributed by atoms with van der Waals surface area (Å²) in [5, 5.41) is 11.0. The van der Waals surface area contributed by atoms with Crippen molar-refractivity contribution in [3.63, 3.8) is 0 Å². The second kappa shape index (κ2) is 13.5. The fourth-order valence-electron chi connectivity index (χ4n) is 9.30. The van der Waals surface area contributed by atoms with E-state index in [9.17, 15) is 0 Å². The highest BCUT2D eigenvalue weighted by Crippen LogP contribution is 2.43. The van der Waals surface area contributed by atoms with E-state index in [1.165, 1.54) is 0 Å². The Labute approximate surface area is 354 Å². The van der Waals surface area contributed by atoms with Crippen molar-refractivity contribution in [1.29, 1.82) is 0 Å². The molecule has 6 nitrogen and oxygen atoms in total. The topological polar surface area (TPSA) is 77.3 Å². The standard InChI is InChI=1S/C56H32N6/c1-3-11-43-41(9-1)51(42-10-2-4-12-44(42)52(43)50-27-18-36-16-14-34-8-6-30-58-54(34)56(36)62-50)49-28-22-40-32-38(20-24-46(40)60-49)37-19-23-45-39(31-37)21-26-47(59-45)48-25-17-35-15-13-33-7-5-29-57-53(33)55(35)61-48/h1-32H. The van der Waals surface area contributed by atoms with Crippen molar-refractivity contribution in [3.8, 4) is 45.0 Å². The van der Waals surface area contributed by atoms with Crippen LogP contribution in [0.25, 0.3) is 132 Å². The van der Waals surface area contributed by atoms with Crippen molar-refractivity contribution in [1.82, 2.24) is 29.9 Å². The Morgan fingerprint density at radius 2 is 0.629 bits per heavy atom. The number of nitrogens with zero attached hydrogens (tertiary/aromatic N) is 6. The molecule has 0 atom stereocenters. The van der Waals surface area contributed by atoms with Crippen LogP contribution in [0.2, 0.25) is 0 Å². The average molecular weight is 789 g/mol. The van der Waals surface area contributed by atoms with Crippen LogP contribution in [0.5, 0.6) is 0 Å². The minimum Gasteiger partial charge on any atom is -0.254 e. The second-order valence-corrected chi connectivity index (χ2v) is 15.9. The lowest BCUT2D eigenvalue weighted by molar-refractivity contribution is 1.31. The Bertz CT molecular complexity index is 3950. The molecular formula is C56H32N6. The van der Waals surface area contributed by atoms with E-state index in [0.29, 0.717) is 0 Å². The zero-order valence-corrected chi connectivity index (χ0v) is 33.2. The van der Waals surface area contributed by atoms with Crippen LogP contribution in [0.1, 0.15) is 0 Å². The molecule has 0 unspecified atom stereocenters. The van der Waals surface area contributed by atoms with Crippen molar-refractivity contribution in [2.75, 3.05) is 0 Å². The van der Waals surface area contributed by atoms with Gasteiger partial charge in [-0.3, -0.25) is 9.97 Å². The molecule has 0 fully saturated rings. The lowest BCUT2D eigenvalue weighted by atomic mass is 9.88. The molecule has 0 amide bonds. The number of benzene rings is 7. The van der Waals surface area contributed by atoms with Gasteiger partial charge < -0.3 is 0 Å². The number of hydrogen-bond donors (Lipinski definition) is 0. The van der Waals surface area contributed by atoms with Gasteiger partial charge in [0.25, 0.3) is 0 Å². The molecule has 0 aliphatic rings. The molecule has 0 saturated carbocycles. The van der Waals surface area contributed by atoms with Gasteiger partial charge in [-0.2, -0.15) is 0 Å². The molecule has 0 bridgehead atoms. The van der Waals surface area contributed by atoms with Crippen LogP contribution in [0.3, 0.4) is 0 Å². The molecule has 286 valence electrons. The highest BCUT2D eigenvalue weighted by atomic mass is 14.8. The van der Waals surface area contributed by atoms with Crippen molar-refractivity contribution in [2.45, 2.75) is 0 Å². The minimum atomic E-state index is 0.827. The predicted molar refractivity (Wildman–Crippen MR) is 255 cm³/mol. The van der Waals surface area contributed by atoms with Crippen LogP contribution in [0.15, 0.2) is 194 Å². The van der Waals surface area contributed by atoms with Crippen LogP contribution >= 0.6 is 0 Å². The van der Waals surface area contributed by atoms with E-state index in [0.717, 1.165) is 132 Å². The summed E-state index contributed by atoms with van der Waals surface area (Å²) in [4.78, 5) is 30.1. The first kappa shape index (κ1) is 34.4. The molecule has 0 radical (unpaired) electrons. The van der Waals surface area contributed by atoms with Gasteiger partial charge in [0.2, 0.25) is 0 Å².